The van der Waals surface area contributed by atoms with Gasteiger partial charge in [0.15, 0.2) is 12.4 Å². The summed E-state index contributed by atoms with van der Waals surface area (Å²) < 4.78 is 10.00. The van der Waals surface area contributed by atoms with Crippen molar-refractivity contribution in [3.05, 3.63) is 53.1 Å². The van der Waals surface area contributed by atoms with E-state index in [-0.39, 0.29) is 11.9 Å². The van der Waals surface area contributed by atoms with Gasteiger partial charge in [-0.05, 0) is 57.1 Å². The SMILES string of the molecule is CCC(CC)c1cc[n+](CC(=O)c2cc(C)n(C[C@H]3CCCO3)c2C)cc1. The van der Waals surface area contributed by atoms with Gasteiger partial charge in [0, 0.05) is 42.2 Å². The van der Waals surface area contributed by atoms with Crippen molar-refractivity contribution < 1.29 is 14.1 Å². The Morgan fingerprint density at radius 1 is 1.26 bits per heavy atom. The molecule has 2 aromatic rings. The molecule has 146 valence electrons. The number of ether oxygens (including phenoxy) is 1. The molecular formula is C23H33N2O2+. The van der Waals surface area contributed by atoms with Gasteiger partial charge in [-0.15, -0.1) is 0 Å². The van der Waals surface area contributed by atoms with Crippen LogP contribution in [0.5, 0.6) is 0 Å². The van der Waals surface area contributed by atoms with Crippen LogP contribution in [-0.4, -0.2) is 23.1 Å². The molecule has 4 heteroatoms. The highest BCUT2D eigenvalue weighted by atomic mass is 16.5. The first-order valence-corrected chi connectivity index (χ1v) is 10.3. The molecule has 27 heavy (non-hydrogen) atoms. The zero-order valence-corrected chi connectivity index (χ0v) is 17.2. The van der Waals surface area contributed by atoms with Crippen molar-refractivity contribution in [2.75, 3.05) is 6.61 Å². The molecule has 3 rings (SSSR count). The van der Waals surface area contributed by atoms with Gasteiger partial charge in [-0.3, -0.25) is 4.79 Å². The van der Waals surface area contributed by atoms with Gasteiger partial charge >= 0.3 is 0 Å². The quantitative estimate of drug-likeness (QED) is 0.512. The predicted octanol–water partition coefficient (Wildman–Crippen LogP) is 4.36. The first-order chi connectivity index (χ1) is 13.0. The number of aryl methyl sites for hydroxylation is 1. The monoisotopic (exact) mass is 369 g/mol. The second-order valence-electron chi connectivity index (χ2n) is 7.77. The summed E-state index contributed by atoms with van der Waals surface area (Å²) in [6, 6.07) is 6.35. The summed E-state index contributed by atoms with van der Waals surface area (Å²) in [4.78, 5) is 12.9. The molecule has 0 unspecified atom stereocenters. The summed E-state index contributed by atoms with van der Waals surface area (Å²) in [5, 5.41) is 0. The fourth-order valence-electron chi connectivity index (χ4n) is 4.21. The lowest BCUT2D eigenvalue weighted by molar-refractivity contribution is -0.683. The lowest BCUT2D eigenvalue weighted by Gasteiger charge is -2.14. The second kappa shape index (κ2) is 8.83. The number of hydrogen-bond donors (Lipinski definition) is 0. The summed E-state index contributed by atoms with van der Waals surface area (Å²) in [6.07, 6.45) is 8.91. The number of Topliss-reactive ketones (excluding diaryl/α,β-unsaturated/α-hetero) is 1. The van der Waals surface area contributed by atoms with Crippen LogP contribution in [0.4, 0.5) is 0 Å². The van der Waals surface area contributed by atoms with E-state index in [4.69, 9.17) is 4.74 Å². The van der Waals surface area contributed by atoms with Gasteiger partial charge in [0.1, 0.15) is 0 Å². The summed E-state index contributed by atoms with van der Waals surface area (Å²) in [6.45, 7) is 10.7. The summed E-state index contributed by atoms with van der Waals surface area (Å²) >= 11 is 0. The summed E-state index contributed by atoms with van der Waals surface area (Å²) in [7, 11) is 0. The fourth-order valence-corrected chi connectivity index (χ4v) is 4.21. The van der Waals surface area contributed by atoms with Crippen molar-refractivity contribution in [2.45, 2.75) is 78.5 Å². The molecular weight excluding hydrogens is 336 g/mol. The highest BCUT2D eigenvalue weighted by Crippen LogP contribution is 2.22. The van der Waals surface area contributed by atoms with Gasteiger partial charge < -0.3 is 9.30 Å². The molecule has 0 amide bonds. The van der Waals surface area contributed by atoms with Crippen LogP contribution in [0, 0.1) is 13.8 Å². The normalized spacial score (nSPS) is 17.0. The lowest BCUT2D eigenvalue weighted by atomic mass is 9.95. The average Bonchev–Trinajstić information content (AvgIpc) is 3.28. The van der Waals surface area contributed by atoms with Crippen LogP contribution in [-0.2, 0) is 17.8 Å². The number of aromatic nitrogens is 2. The number of rotatable bonds is 8. The maximum atomic E-state index is 12.9. The molecule has 0 bridgehead atoms. The van der Waals surface area contributed by atoms with Crippen molar-refractivity contribution in [3.63, 3.8) is 0 Å². The molecule has 2 aromatic heterocycles. The molecule has 0 N–H and O–H groups in total. The van der Waals surface area contributed by atoms with E-state index in [1.165, 1.54) is 5.56 Å². The third-order valence-electron chi connectivity index (χ3n) is 5.98. The largest absolute Gasteiger partial charge is 0.376 e. The third-order valence-corrected chi connectivity index (χ3v) is 5.98. The van der Waals surface area contributed by atoms with E-state index in [0.717, 1.165) is 55.8 Å². The Morgan fingerprint density at radius 3 is 2.56 bits per heavy atom. The van der Waals surface area contributed by atoms with Gasteiger partial charge in [-0.25, -0.2) is 0 Å². The second-order valence-corrected chi connectivity index (χ2v) is 7.77. The van der Waals surface area contributed by atoms with Crippen molar-refractivity contribution in [3.8, 4) is 0 Å². The first-order valence-electron chi connectivity index (χ1n) is 10.3. The summed E-state index contributed by atoms with van der Waals surface area (Å²) in [5.41, 5.74) is 4.39. The van der Waals surface area contributed by atoms with E-state index in [2.05, 4.69) is 44.4 Å². The van der Waals surface area contributed by atoms with E-state index in [9.17, 15) is 4.79 Å². The Balaban J connectivity index is 1.70. The average molecular weight is 370 g/mol. The number of hydrogen-bond acceptors (Lipinski definition) is 2. The zero-order chi connectivity index (χ0) is 19.4. The molecule has 4 nitrogen and oxygen atoms in total. The molecule has 0 saturated carbocycles. The van der Waals surface area contributed by atoms with Gasteiger partial charge in [0.25, 0.3) is 0 Å². The lowest BCUT2D eigenvalue weighted by Crippen LogP contribution is -2.37. The van der Waals surface area contributed by atoms with Crippen LogP contribution in [0.1, 0.15) is 72.8 Å². The molecule has 1 saturated heterocycles. The van der Waals surface area contributed by atoms with E-state index in [1.807, 2.05) is 23.0 Å². The fraction of sp³-hybridized carbons (Fsp3) is 0.565. The van der Waals surface area contributed by atoms with Gasteiger partial charge in [0.05, 0.1) is 6.10 Å². The van der Waals surface area contributed by atoms with Crippen LogP contribution < -0.4 is 4.57 Å². The number of carbonyl (C=O) groups excluding carboxylic acids is 1. The minimum absolute atomic E-state index is 0.168. The molecule has 1 fully saturated rings. The van der Waals surface area contributed by atoms with Gasteiger partial charge in [0.2, 0.25) is 12.3 Å². The number of pyridine rings is 1. The molecule has 0 aromatic carbocycles. The van der Waals surface area contributed by atoms with E-state index >= 15 is 0 Å². The Hall–Kier alpha value is -1.94. The smallest absolute Gasteiger partial charge is 0.229 e. The number of nitrogens with zero attached hydrogens (tertiary/aromatic N) is 2. The van der Waals surface area contributed by atoms with Crippen molar-refractivity contribution in [1.29, 1.82) is 0 Å². The summed E-state index contributed by atoms with van der Waals surface area (Å²) in [5.74, 6) is 0.772. The molecule has 1 aliphatic heterocycles. The van der Waals surface area contributed by atoms with Gasteiger partial charge in [-0.1, -0.05) is 13.8 Å². The number of ketones is 1. The third kappa shape index (κ3) is 4.49. The Bertz CT molecular complexity index is 766. The minimum Gasteiger partial charge on any atom is -0.376 e. The molecule has 1 atom stereocenters. The molecule has 1 aliphatic rings. The van der Waals surface area contributed by atoms with Crippen molar-refractivity contribution in [2.24, 2.45) is 0 Å². The van der Waals surface area contributed by atoms with Crippen molar-refractivity contribution in [1.82, 2.24) is 4.57 Å². The van der Waals surface area contributed by atoms with Crippen molar-refractivity contribution >= 4 is 5.78 Å². The Morgan fingerprint density at radius 2 is 1.96 bits per heavy atom. The minimum atomic E-state index is 0.168. The highest BCUT2D eigenvalue weighted by Gasteiger charge is 2.22. The number of carbonyl (C=O) groups is 1. The predicted molar refractivity (Wildman–Crippen MR) is 107 cm³/mol. The first kappa shape index (κ1) is 19.8. The van der Waals surface area contributed by atoms with E-state index in [1.54, 1.807) is 0 Å². The van der Waals surface area contributed by atoms with Crippen LogP contribution >= 0.6 is 0 Å². The highest BCUT2D eigenvalue weighted by molar-refractivity contribution is 5.96. The Labute approximate surface area is 163 Å². The van der Waals surface area contributed by atoms with Gasteiger partial charge in [-0.2, -0.15) is 4.57 Å². The van der Waals surface area contributed by atoms with Crippen LogP contribution in [0.2, 0.25) is 0 Å². The molecule has 0 aliphatic carbocycles. The van der Waals surface area contributed by atoms with Crippen LogP contribution in [0.25, 0.3) is 0 Å². The molecule has 3 heterocycles. The van der Waals surface area contributed by atoms with Crippen LogP contribution in [0.15, 0.2) is 30.6 Å². The van der Waals surface area contributed by atoms with E-state index in [0.29, 0.717) is 12.5 Å². The molecule has 0 spiro atoms. The maximum absolute atomic E-state index is 12.9. The van der Waals surface area contributed by atoms with E-state index < -0.39 is 0 Å². The zero-order valence-electron chi connectivity index (χ0n) is 17.2. The van der Waals surface area contributed by atoms with Crippen LogP contribution in [0.3, 0.4) is 0 Å². The topological polar surface area (TPSA) is 35.1 Å². The maximum Gasteiger partial charge on any atom is 0.229 e. The standard InChI is InChI=1S/C23H33N2O2/c1-5-19(6-2)20-9-11-24(12-10-20)16-23(26)22-14-17(3)25(18(22)4)15-21-8-7-13-27-21/h9-12,14,19,21H,5-8,13,15-16H2,1-4H3/q+1/t21-/m1/s1. The Kier molecular flexibility index (Phi) is 6.48. The molecule has 0 radical (unpaired) electrons.